The van der Waals surface area contributed by atoms with Crippen molar-refractivity contribution in [2.75, 3.05) is 19.1 Å². The van der Waals surface area contributed by atoms with Crippen LogP contribution in [0.1, 0.15) is 22.7 Å². The molecule has 1 fully saturated rings. The Morgan fingerprint density at radius 2 is 1.86 bits per heavy atom. The fourth-order valence-corrected chi connectivity index (χ4v) is 5.76. The molecule has 36 heavy (non-hydrogen) atoms. The van der Waals surface area contributed by atoms with Crippen molar-refractivity contribution in [2.45, 2.75) is 13.0 Å². The quantitative estimate of drug-likeness (QED) is 0.181. The standard InChI is InChI=1S/C27H21BrN2O5S/c1-14-11-16(7-10-20(14)35-3)24(31)22-23(15-5-4-6-17(28)12-15)30(26(33)25(22)32)27-29-19-9-8-18(34-2)13-21(19)36-27/h4-13,23,31H,1-3H3/b24-22+/t23-/m1/s1. The minimum absolute atomic E-state index is 0.000460. The van der Waals surface area contributed by atoms with E-state index in [9.17, 15) is 14.7 Å². The van der Waals surface area contributed by atoms with Gasteiger partial charge in [-0.1, -0.05) is 39.4 Å². The van der Waals surface area contributed by atoms with Crippen LogP contribution in [0, 0.1) is 6.92 Å². The zero-order valence-electron chi connectivity index (χ0n) is 19.6. The van der Waals surface area contributed by atoms with Crippen LogP contribution in [-0.4, -0.2) is 36.0 Å². The number of methoxy groups -OCH3 is 2. The van der Waals surface area contributed by atoms with Gasteiger partial charge in [-0.05, 0) is 66.6 Å². The number of benzene rings is 3. The Morgan fingerprint density at radius 3 is 2.56 bits per heavy atom. The number of aliphatic hydroxyl groups is 1. The van der Waals surface area contributed by atoms with Crippen molar-refractivity contribution in [1.29, 1.82) is 0 Å². The van der Waals surface area contributed by atoms with Gasteiger partial charge in [-0.25, -0.2) is 4.98 Å². The van der Waals surface area contributed by atoms with Crippen molar-refractivity contribution in [3.8, 4) is 11.5 Å². The molecule has 3 aromatic carbocycles. The summed E-state index contributed by atoms with van der Waals surface area (Å²) in [4.78, 5) is 32.8. The highest BCUT2D eigenvalue weighted by Crippen LogP contribution is 2.45. The number of ether oxygens (including phenoxy) is 2. The number of halogens is 1. The fourth-order valence-electron chi connectivity index (χ4n) is 4.33. The normalized spacial score (nSPS) is 17.1. The zero-order chi connectivity index (χ0) is 25.6. The molecule has 0 radical (unpaired) electrons. The van der Waals surface area contributed by atoms with Gasteiger partial charge in [-0.15, -0.1) is 0 Å². The van der Waals surface area contributed by atoms with E-state index >= 15 is 0 Å². The topological polar surface area (TPSA) is 89.0 Å². The maximum Gasteiger partial charge on any atom is 0.301 e. The van der Waals surface area contributed by atoms with Crippen LogP contribution in [0.3, 0.4) is 0 Å². The maximum atomic E-state index is 13.4. The molecular weight excluding hydrogens is 544 g/mol. The van der Waals surface area contributed by atoms with Crippen molar-refractivity contribution in [3.63, 3.8) is 0 Å². The molecule has 0 bridgehead atoms. The van der Waals surface area contributed by atoms with Crippen LogP contribution in [0.5, 0.6) is 11.5 Å². The molecule has 1 N–H and O–H groups in total. The van der Waals surface area contributed by atoms with Gasteiger partial charge in [0, 0.05) is 10.0 Å². The Bertz CT molecular complexity index is 1560. The fraction of sp³-hybridized carbons (Fsp3) is 0.148. The Labute approximate surface area is 219 Å². The zero-order valence-corrected chi connectivity index (χ0v) is 22.0. The number of hydrogen-bond acceptors (Lipinski definition) is 7. The van der Waals surface area contributed by atoms with E-state index < -0.39 is 17.7 Å². The maximum absolute atomic E-state index is 13.4. The smallest absolute Gasteiger partial charge is 0.301 e. The van der Waals surface area contributed by atoms with E-state index in [1.54, 1.807) is 44.6 Å². The van der Waals surface area contributed by atoms with Crippen molar-refractivity contribution >= 4 is 60.1 Å². The van der Waals surface area contributed by atoms with Crippen molar-refractivity contribution in [2.24, 2.45) is 0 Å². The second-order valence-electron chi connectivity index (χ2n) is 8.24. The second kappa shape index (κ2) is 9.40. The number of anilines is 1. The summed E-state index contributed by atoms with van der Waals surface area (Å²) in [6.07, 6.45) is 0. The molecule has 1 atom stereocenters. The van der Waals surface area contributed by atoms with E-state index in [1.807, 2.05) is 37.3 Å². The van der Waals surface area contributed by atoms with Gasteiger partial charge in [0.15, 0.2) is 5.13 Å². The highest BCUT2D eigenvalue weighted by molar-refractivity contribution is 9.10. The molecule has 0 spiro atoms. The molecule has 7 nitrogen and oxygen atoms in total. The lowest BCUT2D eigenvalue weighted by molar-refractivity contribution is -0.132. The van der Waals surface area contributed by atoms with Gasteiger partial charge < -0.3 is 14.6 Å². The third-order valence-electron chi connectivity index (χ3n) is 6.07. The number of aromatic nitrogens is 1. The third kappa shape index (κ3) is 4.04. The summed E-state index contributed by atoms with van der Waals surface area (Å²) in [5.74, 6) is -0.464. The van der Waals surface area contributed by atoms with Crippen LogP contribution < -0.4 is 14.4 Å². The molecule has 1 amide bonds. The highest BCUT2D eigenvalue weighted by Gasteiger charge is 2.48. The minimum atomic E-state index is -0.868. The lowest BCUT2D eigenvalue weighted by Gasteiger charge is -2.23. The van der Waals surface area contributed by atoms with E-state index in [1.165, 1.54) is 16.2 Å². The summed E-state index contributed by atoms with van der Waals surface area (Å²) in [6.45, 7) is 1.84. The third-order valence-corrected chi connectivity index (χ3v) is 7.58. The first kappa shape index (κ1) is 24.0. The number of ketones is 1. The summed E-state index contributed by atoms with van der Waals surface area (Å²) in [6, 6.07) is 17.0. The first-order chi connectivity index (χ1) is 17.3. The van der Waals surface area contributed by atoms with E-state index in [2.05, 4.69) is 20.9 Å². The number of nitrogens with zero attached hydrogens (tertiary/aromatic N) is 2. The number of rotatable bonds is 5. The number of amides is 1. The number of aryl methyl sites for hydroxylation is 1. The number of Topliss-reactive ketones (excluding diaryl/α,β-unsaturated/α-hetero) is 1. The predicted octanol–water partition coefficient (Wildman–Crippen LogP) is 6.01. The van der Waals surface area contributed by atoms with Crippen LogP contribution in [0.4, 0.5) is 5.13 Å². The molecule has 1 aliphatic rings. The Balaban J connectivity index is 1.72. The van der Waals surface area contributed by atoms with Crippen LogP contribution in [0.25, 0.3) is 16.0 Å². The van der Waals surface area contributed by atoms with Crippen LogP contribution in [-0.2, 0) is 9.59 Å². The Kier molecular flexibility index (Phi) is 6.27. The first-order valence-electron chi connectivity index (χ1n) is 11.0. The SMILES string of the molecule is COc1ccc2nc(N3C(=O)C(=O)/C(=C(/O)c4ccc(OC)c(C)c4)[C@H]3c3cccc(Br)c3)sc2c1. The molecule has 182 valence electrons. The second-order valence-corrected chi connectivity index (χ2v) is 10.2. The average Bonchev–Trinajstić information content (AvgIpc) is 3.41. The summed E-state index contributed by atoms with van der Waals surface area (Å²) in [5.41, 5.74) is 2.54. The minimum Gasteiger partial charge on any atom is -0.507 e. The van der Waals surface area contributed by atoms with Gasteiger partial charge in [0.1, 0.15) is 17.3 Å². The monoisotopic (exact) mass is 564 g/mol. The van der Waals surface area contributed by atoms with Gasteiger partial charge in [-0.2, -0.15) is 0 Å². The van der Waals surface area contributed by atoms with Crippen molar-refractivity contribution in [3.05, 3.63) is 87.4 Å². The van der Waals surface area contributed by atoms with E-state index in [4.69, 9.17) is 9.47 Å². The molecule has 5 rings (SSSR count). The van der Waals surface area contributed by atoms with Gasteiger partial charge in [0.25, 0.3) is 5.78 Å². The lowest BCUT2D eigenvalue weighted by atomic mass is 9.95. The summed E-state index contributed by atoms with van der Waals surface area (Å²) >= 11 is 4.76. The Hall–Kier alpha value is -3.69. The van der Waals surface area contributed by atoms with E-state index in [-0.39, 0.29) is 11.3 Å². The molecule has 0 saturated carbocycles. The highest BCUT2D eigenvalue weighted by atomic mass is 79.9. The van der Waals surface area contributed by atoms with Gasteiger partial charge >= 0.3 is 5.91 Å². The van der Waals surface area contributed by atoms with Crippen LogP contribution in [0.2, 0.25) is 0 Å². The molecule has 0 aliphatic carbocycles. The number of aliphatic hydroxyl groups excluding tert-OH is 1. The molecule has 9 heteroatoms. The average molecular weight is 565 g/mol. The number of thiazole rings is 1. The van der Waals surface area contributed by atoms with Crippen LogP contribution in [0.15, 0.2) is 70.7 Å². The molecule has 0 unspecified atom stereocenters. The molecular formula is C27H21BrN2O5S. The summed E-state index contributed by atoms with van der Waals surface area (Å²) in [7, 11) is 3.14. The molecule has 1 aliphatic heterocycles. The van der Waals surface area contributed by atoms with Crippen LogP contribution >= 0.6 is 27.3 Å². The Morgan fingerprint density at radius 1 is 1.06 bits per heavy atom. The van der Waals surface area contributed by atoms with Gasteiger partial charge in [-0.3, -0.25) is 14.5 Å². The largest absolute Gasteiger partial charge is 0.507 e. The van der Waals surface area contributed by atoms with Gasteiger partial charge in [0.05, 0.1) is 36.1 Å². The molecule has 4 aromatic rings. The molecule has 1 aromatic heterocycles. The number of carbonyl (C=O) groups excluding carboxylic acids is 2. The van der Waals surface area contributed by atoms with Gasteiger partial charge in [0.2, 0.25) is 0 Å². The van der Waals surface area contributed by atoms with E-state index in [0.29, 0.717) is 33.3 Å². The van der Waals surface area contributed by atoms with E-state index in [0.717, 1.165) is 14.7 Å². The molecule has 1 saturated heterocycles. The lowest BCUT2D eigenvalue weighted by Crippen LogP contribution is -2.29. The predicted molar refractivity (Wildman–Crippen MR) is 143 cm³/mol. The van der Waals surface area contributed by atoms with Crippen molar-refractivity contribution < 1.29 is 24.2 Å². The first-order valence-corrected chi connectivity index (χ1v) is 12.6. The number of fused-ring (bicyclic) bond motifs is 1. The number of carbonyl (C=O) groups is 2. The molecule has 2 heterocycles. The van der Waals surface area contributed by atoms with Crippen molar-refractivity contribution in [1.82, 2.24) is 4.98 Å². The number of hydrogen-bond donors (Lipinski definition) is 1. The summed E-state index contributed by atoms with van der Waals surface area (Å²) in [5, 5.41) is 11.7. The summed E-state index contributed by atoms with van der Waals surface area (Å²) < 4.78 is 12.2.